The first-order valence-corrected chi connectivity index (χ1v) is 3.26. The molecule has 0 aromatic heterocycles. The Kier molecular flexibility index (Phi) is 0.950. The van der Waals surface area contributed by atoms with E-state index in [-0.39, 0.29) is 0 Å². The van der Waals surface area contributed by atoms with Crippen molar-refractivity contribution in [1.82, 2.24) is 4.90 Å². The second-order valence-corrected chi connectivity index (χ2v) is 2.33. The Bertz CT molecular complexity index is 199. The van der Waals surface area contributed by atoms with Gasteiger partial charge in [-0.1, -0.05) is 18.2 Å². The summed E-state index contributed by atoms with van der Waals surface area (Å²) in [5.74, 6) is 0. The van der Waals surface area contributed by atoms with Crippen LogP contribution in [0, 0.1) is 0 Å². The number of allylic oxidation sites excluding steroid dienone is 3. The van der Waals surface area contributed by atoms with E-state index in [1.807, 2.05) is 0 Å². The molecule has 0 radical (unpaired) electrons. The molecule has 2 rings (SSSR count). The van der Waals surface area contributed by atoms with E-state index in [4.69, 9.17) is 0 Å². The highest BCUT2D eigenvalue weighted by molar-refractivity contribution is 5.25. The monoisotopic (exact) mass is 119 g/mol. The summed E-state index contributed by atoms with van der Waals surface area (Å²) in [7, 11) is 0. The van der Waals surface area contributed by atoms with Crippen molar-refractivity contribution in [3.05, 3.63) is 36.2 Å². The van der Waals surface area contributed by atoms with Crippen LogP contribution in [-0.2, 0) is 0 Å². The summed E-state index contributed by atoms with van der Waals surface area (Å²) in [4.78, 5) is 2.26. The Morgan fingerprint density at radius 2 is 2.33 bits per heavy atom. The average Bonchev–Trinajstić information content (AvgIpc) is 2.33. The van der Waals surface area contributed by atoms with Gasteiger partial charge in [-0.3, -0.25) is 0 Å². The fourth-order valence-corrected chi connectivity index (χ4v) is 1.21. The van der Waals surface area contributed by atoms with E-state index in [9.17, 15) is 0 Å². The molecule has 0 spiro atoms. The molecule has 0 aliphatic carbocycles. The molecule has 0 N–H and O–H groups in total. The predicted molar refractivity (Wildman–Crippen MR) is 37.7 cm³/mol. The molecule has 0 saturated heterocycles. The third-order valence-electron chi connectivity index (χ3n) is 1.71. The lowest BCUT2D eigenvalue weighted by Gasteiger charge is -2.18. The van der Waals surface area contributed by atoms with Crippen molar-refractivity contribution in [2.45, 2.75) is 6.42 Å². The van der Waals surface area contributed by atoms with E-state index < -0.39 is 0 Å². The van der Waals surface area contributed by atoms with Crippen LogP contribution in [0.3, 0.4) is 0 Å². The number of fused-ring (bicyclic) bond motifs is 1. The van der Waals surface area contributed by atoms with Crippen LogP contribution in [0.15, 0.2) is 36.2 Å². The highest BCUT2D eigenvalue weighted by Crippen LogP contribution is 2.19. The molecule has 0 aromatic carbocycles. The SMILES string of the molecule is C1=CCN2C=CCC2=C1. The van der Waals surface area contributed by atoms with Gasteiger partial charge in [0.15, 0.2) is 0 Å². The highest BCUT2D eigenvalue weighted by Gasteiger charge is 2.09. The van der Waals surface area contributed by atoms with Gasteiger partial charge < -0.3 is 4.90 Å². The first-order valence-electron chi connectivity index (χ1n) is 3.26. The zero-order valence-corrected chi connectivity index (χ0v) is 5.25. The minimum absolute atomic E-state index is 1.06. The molecule has 0 fully saturated rings. The van der Waals surface area contributed by atoms with Gasteiger partial charge in [0.1, 0.15) is 0 Å². The van der Waals surface area contributed by atoms with Gasteiger partial charge in [-0.05, 0) is 6.08 Å². The Hall–Kier alpha value is -0.980. The van der Waals surface area contributed by atoms with Gasteiger partial charge in [-0.2, -0.15) is 0 Å². The first-order chi connectivity index (χ1) is 4.47. The maximum Gasteiger partial charge on any atom is 0.0406 e. The molecule has 0 bridgehead atoms. The highest BCUT2D eigenvalue weighted by atomic mass is 15.1. The maximum absolute atomic E-state index is 2.26. The summed E-state index contributed by atoms with van der Waals surface area (Å²) in [6.45, 7) is 1.06. The van der Waals surface area contributed by atoms with E-state index in [1.165, 1.54) is 5.70 Å². The molecule has 0 atom stereocenters. The zero-order chi connectivity index (χ0) is 6.10. The normalized spacial score (nSPS) is 22.2. The first kappa shape index (κ1) is 4.86. The molecule has 0 amide bonds. The molecule has 9 heavy (non-hydrogen) atoms. The van der Waals surface area contributed by atoms with Crippen molar-refractivity contribution >= 4 is 0 Å². The molecular weight excluding hydrogens is 110 g/mol. The molecule has 0 saturated carbocycles. The van der Waals surface area contributed by atoms with E-state index in [0.717, 1.165) is 13.0 Å². The van der Waals surface area contributed by atoms with Crippen LogP contribution in [0.4, 0.5) is 0 Å². The Balaban J connectivity index is 2.29. The van der Waals surface area contributed by atoms with Gasteiger partial charge in [0.05, 0.1) is 0 Å². The molecule has 46 valence electrons. The van der Waals surface area contributed by atoms with E-state index in [1.54, 1.807) is 0 Å². The van der Waals surface area contributed by atoms with Crippen molar-refractivity contribution in [1.29, 1.82) is 0 Å². The second-order valence-electron chi connectivity index (χ2n) is 2.33. The summed E-state index contributed by atoms with van der Waals surface area (Å²) in [5.41, 5.74) is 1.43. The van der Waals surface area contributed by atoms with Crippen LogP contribution in [0.1, 0.15) is 6.42 Å². The van der Waals surface area contributed by atoms with Crippen molar-refractivity contribution in [3.63, 3.8) is 0 Å². The molecule has 0 unspecified atom stereocenters. The van der Waals surface area contributed by atoms with Crippen molar-refractivity contribution in [2.24, 2.45) is 0 Å². The smallest absolute Gasteiger partial charge is 0.0406 e. The van der Waals surface area contributed by atoms with Gasteiger partial charge in [-0.25, -0.2) is 0 Å². The molecule has 1 heteroatoms. The van der Waals surface area contributed by atoms with Gasteiger partial charge in [-0.15, -0.1) is 0 Å². The largest absolute Gasteiger partial charge is 0.348 e. The topological polar surface area (TPSA) is 3.24 Å². The van der Waals surface area contributed by atoms with Crippen molar-refractivity contribution in [3.8, 4) is 0 Å². The second kappa shape index (κ2) is 1.76. The quantitative estimate of drug-likeness (QED) is 0.468. The van der Waals surface area contributed by atoms with E-state index in [0.29, 0.717) is 0 Å². The summed E-state index contributed by atoms with van der Waals surface area (Å²) in [6.07, 6.45) is 11.9. The fraction of sp³-hybridized carbons (Fsp3) is 0.250. The van der Waals surface area contributed by atoms with Crippen LogP contribution in [-0.4, -0.2) is 11.4 Å². The summed E-state index contributed by atoms with van der Waals surface area (Å²) < 4.78 is 0. The minimum Gasteiger partial charge on any atom is -0.348 e. The van der Waals surface area contributed by atoms with Crippen LogP contribution >= 0.6 is 0 Å². The Morgan fingerprint density at radius 1 is 1.33 bits per heavy atom. The number of hydrogen-bond acceptors (Lipinski definition) is 1. The molecule has 2 aliphatic rings. The standard InChI is InChI=1S/C8H9N/c1-2-6-9-7-3-5-8(9)4-1/h1-4,7H,5-6H2. The van der Waals surface area contributed by atoms with Crippen LogP contribution in [0.2, 0.25) is 0 Å². The van der Waals surface area contributed by atoms with Crippen LogP contribution in [0.25, 0.3) is 0 Å². The summed E-state index contributed by atoms with van der Waals surface area (Å²) in [6, 6.07) is 0. The average molecular weight is 119 g/mol. The summed E-state index contributed by atoms with van der Waals surface area (Å²) in [5, 5.41) is 0. The zero-order valence-electron chi connectivity index (χ0n) is 5.25. The van der Waals surface area contributed by atoms with Crippen molar-refractivity contribution < 1.29 is 0 Å². The molecule has 0 aromatic rings. The Labute approximate surface area is 55.0 Å². The van der Waals surface area contributed by atoms with E-state index >= 15 is 0 Å². The van der Waals surface area contributed by atoms with Crippen molar-refractivity contribution in [2.75, 3.05) is 6.54 Å². The molecule has 2 heterocycles. The van der Waals surface area contributed by atoms with Gasteiger partial charge >= 0.3 is 0 Å². The third-order valence-corrected chi connectivity index (χ3v) is 1.71. The minimum atomic E-state index is 1.06. The van der Waals surface area contributed by atoms with E-state index in [2.05, 4.69) is 35.4 Å². The number of nitrogens with zero attached hydrogens (tertiary/aromatic N) is 1. The maximum atomic E-state index is 2.26. The Morgan fingerprint density at radius 3 is 3.22 bits per heavy atom. The lowest BCUT2D eigenvalue weighted by Crippen LogP contribution is -2.14. The molecular formula is C8H9N. The lowest BCUT2D eigenvalue weighted by molar-refractivity contribution is 0.525. The molecule has 1 nitrogen and oxygen atoms in total. The third kappa shape index (κ3) is 0.689. The lowest BCUT2D eigenvalue weighted by atomic mass is 10.2. The number of rotatable bonds is 0. The van der Waals surface area contributed by atoms with Gasteiger partial charge in [0.2, 0.25) is 0 Å². The summed E-state index contributed by atoms with van der Waals surface area (Å²) >= 11 is 0. The van der Waals surface area contributed by atoms with Gasteiger partial charge in [0.25, 0.3) is 0 Å². The van der Waals surface area contributed by atoms with Crippen LogP contribution < -0.4 is 0 Å². The number of hydrogen-bond donors (Lipinski definition) is 0. The van der Waals surface area contributed by atoms with Gasteiger partial charge in [0, 0.05) is 24.9 Å². The fourth-order valence-electron chi connectivity index (χ4n) is 1.21. The van der Waals surface area contributed by atoms with Crippen LogP contribution in [0.5, 0.6) is 0 Å². The predicted octanol–water partition coefficient (Wildman–Crippen LogP) is 1.66. The molecule has 2 aliphatic heterocycles.